The fourth-order valence-electron chi connectivity index (χ4n) is 2.49. The van der Waals surface area contributed by atoms with E-state index in [1.165, 1.54) is 36.6 Å². The maximum absolute atomic E-state index is 13.5. The largest absolute Gasteiger partial charge is 0.466 e. The maximum Gasteiger partial charge on any atom is 0.333 e. The van der Waals surface area contributed by atoms with Gasteiger partial charge in [0.2, 0.25) is 0 Å². The van der Waals surface area contributed by atoms with Gasteiger partial charge in [0.1, 0.15) is 18.0 Å². The summed E-state index contributed by atoms with van der Waals surface area (Å²) in [7, 11) is 1.41. The molecule has 3 aromatic rings. The summed E-state index contributed by atoms with van der Waals surface area (Å²) in [6.07, 6.45) is 8.89. The van der Waals surface area contributed by atoms with Gasteiger partial charge in [0.15, 0.2) is 5.65 Å². The molecular weight excluding hydrogens is 420 g/mol. The fraction of sp³-hybridized carbons (Fsp3) is 0.261. The average molecular weight is 446 g/mol. The number of rotatable bonds is 6. The smallest absolute Gasteiger partial charge is 0.333 e. The number of ether oxygens (including phenoxy) is 1. The van der Waals surface area contributed by atoms with Crippen LogP contribution >= 0.6 is 11.8 Å². The molecule has 3 rings (SSSR count). The van der Waals surface area contributed by atoms with Crippen LogP contribution in [0.4, 0.5) is 8.78 Å². The van der Waals surface area contributed by atoms with Crippen LogP contribution in [0.2, 0.25) is 0 Å². The first-order valence-electron chi connectivity index (χ1n) is 9.67. The van der Waals surface area contributed by atoms with Crippen LogP contribution in [0.25, 0.3) is 5.65 Å². The molecule has 31 heavy (non-hydrogen) atoms. The number of hydrogen-bond acceptors (Lipinski definition) is 5. The lowest BCUT2D eigenvalue weighted by Gasteiger charge is -2.03. The molecule has 0 atom stereocenters. The minimum atomic E-state index is -0.578. The quantitative estimate of drug-likeness (QED) is 0.264. The summed E-state index contributed by atoms with van der Waals surface area (Å²) < 4.78 is 32.7. The Labute approximate surface area is 184 Å². The van der Waals surface area contributed by atoms with E-state index in [2.05, 4.69) is 21.0 Å². The van der Waals surface area contributed by atoms with Gasteiger partial charge in [-0.25, -0.2) is 13.6 Å². The van der Waals surface area contributed by atoms with E-state index < -0.39 is 11.6 Å². The Morgan fingerprint density at radius 1 is 1.19 bits per heavy atom. The highest BCUT2D eigenvalue weighted by Crippen LogP contribution is 2.30. The Bertz CT molecular complexity index is 1090. The van der Waals surface area contributed by atoms with Crippen LogP contribution in [0, 0.1) is 11.6 Å². The topological polar surface area (TPSA) is 56.5 Å². The summed E-state index contributed by atoms with van der Waals surface area (Å²) in [5, 5.41) is 7.63. The molecule has 1 aromatic carbocycles. The van der Waals surface area contributed by atoms with Gasteiger partial charge in [-0.1, -0.05) is 36.4 Å². The molecule has 0 radical (unpaired) electrons. The molecule has 0 fully saturated rings. The van der Waals surface area contributed by atoms with Crippen molar-refractivity contribution in [2.24, 2.45) is 0 Å². The van der Waals surface area contributed by atoms with Gasteiger partial charge in [-0.2, -0.15) is 0 Å². The Hall–Kier alpha value is -3.00. The molecule has 0 amide bonds. The molecule has 0 aliphatic heterocycles. The minimum Gasteiger partial charge on any atom is -0.466 e. The van der Waals surface area contributed by atoms with Gasteiger partial charge < -0.3 is 4.74 Å². The van der Waals surface area contributed by atoms with E-state index in [9.17, 15) is 13.6 Å². The second-order valence-electron chi connectivity index (χ2n) is 6.73. The molecule has 0 aliphatic rings. The molecule has 0 N–H and O–H groups in total. The van der Waals surface area contributed by atoms with Crippen LogP contribution in [0.3, 0.4) is 0 Å². The van der Waals surface area contributed by atoms with Gasteiger partial charge in [0, 0.05) is 27.6 Å². The van der Waals surface area contributed by atoms with Crippen molar-refractivity contribution in [3.63, 3.8) is 0 Å². The summed E-state index contributed by atoms with van der Waals surface area (Å²) in [5.74, 6) is -1.36. The summed E-state index contributed by atoms with van der Waals surface area (Å²) >= 11 is 1.22. The average Bonchev–Trinajstić information content (AvgIpc) is 3.21. The van der Waals surface area contributed by atoms with E-state index in [1.807, 2.05) is 32.9 Å². The Kier molecular flexibility index (Phi) is 9.40. The van der Waals surface area contributed by atoms with Gasteiger partial charge >= 0.3 is 5.97 Å². The van der Waals surface area contributed by atoms with Crippen molar-refractivity contribution in [2.45, 2.75) is 43.4 Å². The fourth-order valence-corrected chi connectivity index (χ4v) is 3.34. The molecule has 164 valence electrons. The molecule has 0 unspecified atom stereocenters. The Morgan fingerprint density at radius 3 is 2.61 bits per heavy atom. The first-order valence-corrected chi connectivity index (χ1v) is 10.5. The summed E-state index contributed by atoms with van der Waals surface area (Å²) in [5.41, 5.74) is 2.73. The molecule has 0 spiro atoms. The number of benzene rings is 1. The van der Waals surface area contributed by atoms with E-state index in [1.54, 1.807) is 23.0 Å². The molecule has 0 aliphatic carbocycles. The van der Waals surface area contributed by atoms with Crippen LogP contribution in [-0.2, 0) is 9.53 Å². The van der Waals surface area contributed by atoms with Gasteiger partial charge in [-0.15, -0.1) is 10.2 Å². The minimum absolute atomic E-state index is 0.218. The van der Waals surface area contributed by atoms with Gasteiger partial charge in [-0.05, 0) is 51.0 Å². The summed E-state index contributed by atoms with van der Waals surface area (Å²) in [6.45, 7) is 6.03. The number of carbonyl (C=O) groups is 1. The number of allylic oxidation sites excluding steroid dienone is 3. The number of pyridine rings is 1. The molecule has 0 saturated heterocycles. The molecule has 8 heteroatoms. The normalized spacial score (nSPS) is 11.0. The molecular formula is C23H25F2N3O2S. The third kappa shape index (κ3) is 7.64. The molecule has 2 aromatic heterocycles. The molecule has 0 bridgehead atoms. The van der Waals surface area contributed by atoms with Crippen LogP contribution < -0.4 is 0 Å². The van der Waals surface area contributed by atoms with Crippen LogP contribution in [0.15, 0.2) is 75.9 Å². The van der Waals surface area contributed by atoms with E-state index in [4.69, 9.17) is 0 Å². The lowest BCUT2D eigenvalue weighted by Crippen LogP contribution is -2.03. The van der Waals surface area contributed by atoms with E-state index >= 15 is 0 Å². The SMILES string of the molecule is CC/C(=C\CC=C(C)C)C(=O)OC.Fc1ccc(Sc2ccc3nncn3c2)c(F)c1. The standard InChI is InChI=1S/C12H7F2N3S.C11H18O2/c13-8-1-3-11(10(14)5-8)18-9-2-4-12-16-15-7-17(12)6-9;1-5-10(11(12)13-4)8-6-7-9(2)3/h1-7H;7-8H,5-6H2,1-4H3/b;10-8+. The zero-order valence-corrected chi connectivity index (χ0v) is 18.7. The van der Waals surface area contributed by atoms with Crippen molar-refractivity contribution >= 4 is 23.4 Å². The Balaban J connectivity index is 0.000000235. The highest BCUT2D eigenvalue weighted by Gasteiger charge is 2.07. The van der Waals surface area contributed by atoms with E-state index in [0.717, 1.165) is 35.0 Å². The van der Waals surface area contributed by atoms with Gasteiger partial charge in [-0.3, -0.25) is 4.40 Å². The first kappa shape index (κ1) is 24.3. The third-order valence-corrected chi connectivity index (χ3v) is 5.13. The summed E-state index contributed by atoms with van der Waals surface area (Å²) in [6, 6.07) is 7.14. The number of fused-ring (bicyclic) bond motifs is 1. The number of hydrogen-bond donors (Lipinski definition) is 0. The van der Waals surface area contributed by atoms with Crippen molar-refractivity contribution < 1.29 is 18.3 Å². The lowest BCUT2D eigenvalue weighted by molar-refractivity contribution is -0.136. The van der Waals surface area contributed by atoms with Crippen molar-refractivity contribution in [3.8, 4) is 0 Å². The number of esters is 1. The van der Waals surface area contributed by atoms with Crippen molar-refractivity contribution in [1.29, 1.82) is 0 Å². The predicted molar refractivity (Wildman–Crippen MR) is 118 cm³/mol. The van der Waals surface area contributed by atoms with E-state index in [0.29, 0.717) is 4.90 Å². The number of halogens is 2. The maximum atomic E-state index is 13.5. The number of aromatic nitrogens is 3. The summed E-state index contributed by atoms with van der Waals surface area (Å²) in [4.78, 5) is 12.3. The molecule has 0 saturated carbocycles. The van der Waals surface area contributed by atoms with Gasteiger partial charge in [0.25, 0.3) is 0 Å². The zero-order chi connectivity index (χ0) is 22.8. The van der Waals surface area contributed by atoms with Crippen molar-refractivity contribution in [1.82, 2.24) is 14.6 Å². The van der Waals surface area contributed by atoms with Crippen molar-refractivity contribution in [2.75, 3.05) is 7.11 Å². The van der Waals surface area contributed by atoms with Crippen LogP contribution in [0.1, 0.15) is 33.6 Å². The van der Waals surface area contributed by atoms with Crippen LogP contribution in [-0.4, -0.2) is 27.7 Å². The number of methoxy groups -OCH3 is 1. The Morgan fingerprint density at radius 2 is 1.97 bits per heavy atom. The number of nitrogens with zero attached hydrogens (tertiary/aromatic N) is 3. The predicted octanol–water partition coefficient (Wildman–Crippen LogP) is 6.01. The lowest BCUT2D eigenvalue weighted by atomic mass is 10.1. The highest BCUT2D eigenvalue weighted by molar-refractivity contribution is 7.99. The molecule has 5 nitrogen and oxygen atoms in total. The van der Waals surface area contributed by atoms with E-state index in [-0.39, 0.29) is 5.97 Å². The molecule has 2 heterocycles. The monoisotopic (exact) mass is 445 g/mol. The number of carbonyl (C=O) groups excluding carboxylic acids is 1. The first-order chi connectivity index (χ1) is 14.8. The second-order valence-corrected chi connectivity index (χ2v) is 7.85. The highest BCUT2D eigenvalue weighted by atomic mass is 32.2. The third-order valence-electron chi connectivity index (χ3n) is 4.10. The van der Waals surface area contributed by atoms with Gasteiger partial charge in [0.05, 0.1) is 7.11 Å². The second kappa shape index (κ2) is 12.0. The van der Waals surface area contributed by atoms with Crippen molar-refractivity contribution in [3.05, 3.63) is 77.8 Å². The van der Waals surface area contributed by atoms with Crippen LogP contribution in [0.5, 0.6) is 0 Å². The zero-order valence-electron chi connectivity index (χ0n) is 17.9.